The summed E-state index contributed by atoms with van der Waals surface area (Å²) < 4.78 is 2.12. The average molecular weight is 308 g/mol. The Bertz CT molecular complexity index is 795. The van der Waals surface area contributed by atoms with Gasteiger partial charge in [0.25, 0.3) is 0 Å². The number of carbonyl (C=O) groups excluding carboxylic acids is 1. The molecule has 0 aliphatic heterocycles. The standard InChI is InChI=1S/C18H20N4O/c1-2-22-16-11-7-6-10-15(16)21-17(22)13-20-18(23)19-12-14-8-4-3-5-9-14/h3-11H,2,12-13H2,1H3,(H2,19,20,23). The zero-order valence-corrected chi connectivity index (χ0v) is 13.1. The van der Waals surface area contributed by atoms with Gasteiger partial charge in [-0.05, 0) is 24.6 Å². The number of aryl methyl sites for hydroxylation is 1. The third-order valence-electron chi connectivity index (χ3n) is 3.75. The van der Waals surface area contributed by atoms with Crippen molar-refractivity contribution in [1.82, 2.24) is 20.2 Å². The quantitative estimate of drug-likeness (QED) is 0.761. The number of fused-ring (bicyclic) bond motifs is 1. The van der Waals surface area contributed by atoms with Crippen LogP contribution in [0.3, 0.4) is 0 Å². The zero-order chi connectivity index (χ0) is 16.1. The molecule has 2 N–H and O–H groups in total. The molecule has 5 nitrogen and oxygen atoms in total. The van der Waals surface area contributed by atoms with E-state index in [9.17, 15) is 4.79 Å². The van der Waals surface area contributed by atoms with E-state index in [0.29, 0.717) is 13.1 Å². The molecule has 1 heterocycles. The van der Waals surface area contributed by atoms with Crippen molar-refractivity contribution in [1.29, 1.82) is 0 Å². The second kappa shape index (κ2) is 6.96. The maximum Gasteiger partial charge on any atom is 0.315 e. The van der Waals surface area contributed by atoms with Crippen LogP contribution in [-0.2, 0) is 19.6 Å². The molecule has 0 atom stereocenters. The first-order valence-corrected chi connectivity index (χ1v) is 7.77. The molecule has 2 aromatic carbocycles. The van der Waals surface area contributed by atoms with Crippen molar-refractivity contribution < 1.29 is 4.79 Å². The Morgan fingerprint density at radius 2 is 1.70 bits per heavy atom. The SMILES string of the molecule is CCn1c(CNC(=O)NCc2ccccc2)nc2ccccc21. The summed E-state index contributed by atoms with van der Waals surface area (Å²) in [4.78, 5) is 16.5. The van der Waals surface area contributed by atoms with Crippen LogP contribution >= 0.6 is 0 Å². The lowest BCUT2D eigenvalue weighted by molar-refractivity contribution is 0.239. The van der Waals surface area contributed by atoms with E-state index in [0.717, 1.165) is 29.0 Å². The zero-order valence-electron chi connectivity index (χ0n) is 13.1. The summed E-state index contributed by atoms with van der Waals surface area (Å²) in [5.41, 5.74) is 3.12. The molecule has 0 fully saturated rings. The number of nitrogens with zero attached hydrogens (tertiary/aromatic N) is 2. The van der Waals surface area contributed by atoms with Gasteiger partial charge in [-0.2, -0.15) is 0 Å². The molecule has 0 spiro atoms. The van der Waals surface area contributed by atoms with E-state index in [-0.39, 0.29) is 6.03 Å². The van der Waals surface area contributed by atoms with Crippen LogP contribution in [0.4, 0.5) is 4.79 Å². The first kappa shape index (κ1) is 15.1. The number of para-hydroxylation sites is 2. The first-order chi connectivity index (χ1) is 11.3. The molecule has 118 valence electrons. The Hall–Kier alpha value is -2.82. The van der Waals surface area contributed by atoms with Crippen LogP contribution in [0.1, 0.15) is 18.3 Å². The molecule has 3 aromatic rings. The van der Waals surface area contributed by atoms with E-state index in [1.807, 2.05) is 54.6 Å². The fraction of sp³-hybridized carbons (Fsp3) is 0.222. The van der Waals surface area contributed by atoms with E-state index in [4.69, 9.17) is 0 Å². The van der Waals surface area contributed by atoms with Gasteiger partial charge in [-0.25, -0.2) is 9.78 Å². The largest absolute Gasteiger partial charge is 0.334 e. The molecule has 5 heteroatoms. The Balaban J connectivity index is 1.60. The Kier molecular flexibility index (Phi) is 4.57. The maximum atomic E-state index is 11.9. The molecular formula is C18H20N4O. The summed E-state index contributed by atoms with van der Waals surface area (Å²) in [7, 11) is 0. The molecule has 1 aromatic heterocycles. The molecule has 0 unspecified atom stereocenters. The molecule has 3 rings (SSSR count). The van der Waals surface area contributed by atoms with Gasteiger partial charge < -0.3 is 15.2 Å². The smallest absolute Gasteiger partial charge is 0.315 e. The molecular weight excluding hydrogens is 288 g/mol. The fourth-order valence-corrected chi connectivity index (χ4v) is 2.61. The van der Waals surface area contributed by atoms with Gasteiger partial charge in [0.1, 0.15) is 5.82 Å². The number of hydrogen-bond acceptors (Lipinski definition) is 2. The molecule has 0 aliphatic carbocycles. The van der Waals surface area contributed by atoms with Crippen molar-refractivity contribution >= 4 is 17.1 Å². The molecule has 0 bridgehead atoms. The lowest BCUT2D eigenvalue weighted by atomic mass is 10.2. The molecule has 0 radical (unpaired) electrons. The summed E-state index contributed by atoms with van der Waals surface area (Å²) in [6.45, 7) is 3.82. The highest BCUT2D eigenvalue weighted by Gasteiger charge is 2.09. The summed E-state index contributed by atoms with van der Waals surface area (Å²) in [6, 6.07) is 17.6. The third kappa shape index (κ3) is 3.51. The van der Waals surface area contributed by atoms with Crippen molar-refractivity contribution in [2.24, 2.45) is 0 Å². The predicted molar refractivity (Wildman–Crippen MR) is 90.9 cm³/mol. The third-order valence-corrected chi connectivity index (χ3v) is 3.75. The van der Waals surface area contributed by atoms with Crippen molar-refractivity contribution in [3.63, 3.8) is 0 Å². The van der Waals surface area contributed by atoms with Gasteiger partial charge in [-0.15, -0.1) is 0 Å². The summed E-state index contributed by atoms with van der Waals surface area (Å²) in [5, 5.41) is 5.72. The average Bonchev–Trinajstić information content (AvgIpc) is 2.96. The number of rotatable bonds is 5. The molecule has 0 saturated carbocycles. The number of aromatic nitrogens is 2. The van der Waals surface area contributed by atoms with Gasteiger partial charge >= 0.3 is 6.03 Å². The topological polar surface area (TPSA) is 59.0 Å². The predicted octanol–water partition coefficient (Wildman–Crippen LogP) is 3.06. The minimum Gasteiger partial charge on any atom is -0.334 e. The van der Waals surface area contributed by atoms with Crippen LogP contribution in [0.15, 0.2) is 54.6 Å². The van der Waals surface area contributed by atoms with Gasteiger partial charge in [0.15, 0.2) is 0 Å². The summed E-state index contributed by atoms with van der Waals surface area (Å²) >= 11 is 0. The van der Waals surface area contributed by atoms with Crippen LogP contribution in [0, 0.1) is 0 Å². The normalized spacial score (nSPS) is 10.7. The first-order valence-electron chi connectivity index (χ1n) is 7.77. The minimum atomic E-state index is -0.191. The van der Waals surface area contributed by atoms with Gasteiger partial charge in [0.05, 0.1) is 17.6 Å². The van der Waals surface area contributed by atoms with Gasteiger partial charge in [0.2, 0.25) is 0 Å². The second-order valence-corrected chi connectivity index (χ2v) is 5.28. The lowest BCUT2D eigenvalue weighted by Gasteiger charge is -2.09. The maximum absolute atomic E-state index is 11.9. The fourth-order valence-electron chi connectivity index (χ4n) is 2.61. The van der Waals surface area contributed by atoms with Crippen molar-refractivity contribution in [2.75, 3.05) is 0 Å². The van der Waals surface area contributed by atoms with Crippen LogP contribution in [0.2, 0.25) is 0 Å². The van der Waals surface area contributed by atoms with E-state index in [1.54, 1.807) is 0 Å². The minimum absolute atomic E-state index is 0.191. The number of nitrogens with one attached hydrogen (secondary N) is 2. The lowest BCUT2D eigenvalue weighted by Crippen LogP contribution is -2.35. The van der Waals surface area contributed by atoms with E-state index >= 15 is 0 Å². The van der Waals surface area contributed by atoms with Crippen LogP contribution in [0.25, 0.3) is 11.0 Å². The highest BCUT2D eigenvalue weighted by molar-refractivity contribution is 5.76. The number of urea groups is 1. The van der Waals surface area contributed by atoms with Crippen molar-refractivity contribution in [3.8, 4) is 0 Å². The monoisotopic (exact) mass is 308 g/mol. The Labute approximate surface area is 135 Å². The van der Waals surface area contributed by atoms with Crippen molar-refractivity contribution in [2.45, 2.75) is 26.6 Å². The van der Waals surface area contributed by atoms with Gasteiger partial charge in [-0.3, -0.25) is 0 Å². The van der Waals surface area contributed by atoms with E-state index in [2.05, 4.69) is 27.1 Å². The summed E-state index contributed by atoms with van der Waals surface area (Å²) in [5.74, 6) is 0.864. The van der Waals surface area contributed by atoms with Gasteiger partial charge in [0, 0.05) is 13.1 Å². The number of benzene rings is 2. The van der Waals surface area contributed by atoms with Crippen LogP contribution in [-0.4, -0.2) is 15.6 Å². The number of amides is 2. The highest BCUT2D eigenvalue weighted by Crippen LogP contribution is 2.15. The Morgan fingerprint density at radius 1 is 1.00 bits per heavy atom. The molecule has 2 amide bonds. The number of hydrogen-bond donors (Lipinski definition) is 2. The highest BCUT2D eigenvalue weighted by atomic mass is 16.2. The number of imidazole rings is 1. The van der Waals surface area contributed by atoms with Crippen LogP contribution in [0.5, 0.6) is 0 Å². The van der Waals surface area contributed by atoms with Crippen LogP contribution < -0.4 is 10.6 Å². The summed E-state index contributed by atoms with van der Waals surface area (Å²) in [6.07, 6.45) is 0. The van der Waals surface area contributed by atoms with E-state index in [1.165, 1.54) is 0 Å². The Morgan fingerprint density at radius 3 is 2.48 bits per heavy atom. The van der Waals surface area contributed by atoms with E-state index < -0.39 is 0 Å². The van der Waals surface area contributed by atoms with Gasteiger partial charge in [-0.1, -0.05) is 42.5 Å². The second-order valence-electron chi connectivity index (χ2n) is 5.28. The van der Waals surface area contributed by atoms with Crippen molar-refractivity contribution in [3.05, 3.63) is 66.0 Å². The molecule has 0 saturated heterocycles. The molecule has 23 heavy (non-hydrogen) atoms. The number of carbonyl (C=O) groups is 1. The molecule has 0 aliphatic rings.